The van der Waals surface area contributed by atoms with Crippen molar-refractivity contribution in [1.82, 2.24) is 24.9 Å². The summed E-state index contributed by atoms with van der Waals surface area (Å²) in [4.78, 5) is 24.8. The van der Waals surface area contributed by atoms with E-state index >= 15 is 0 Å². The predicted octanol–water partition coefficient (Wildman–Crippen LogP) is 9.81. The molecule has 0 aliphatic rings. The number of benzene rings is 6. The van der Waals surface area contributed by atoms with Crippen LogP contribution in [0.5, 0.6) is 0 Å². The van der Waals surface area contributed by atoms with Gasteiger partial charge in [0.25, 0.3) is 0 Å². The van der Waals surface area contributed by atoms with Gasteiger partial charge in [0.15, 0.2) is 17.5 Å². The van der Waals surface area contributed by atoms with Gasteiger partial charge in [-0.25, -0.2) is 15.0 Å². The Morgan fingerprint density at radius 3 is 1.69 bits per heavy atom. The van der Waals surface area contributed by atoms with Crippen LogP contribution in [0.15, 0.2) is 146 Å². The fourth-order valence-corrected chi connectivity index (χ4v) is 6.50. The molecule has 0 atom stereocenters. The monoisotopic (exact) mass is 612 g/mol. The molecule has 0 aliphatic carbocycles. The lowest BCUT2D eigenvalue weighted by atomic mass is 9.96. The zero-order valence-corrected chi connectivity index (χ0v) is 25.5. The zero-order chi connectivity index (χ0) is 32.0. The average Bonchev–Trinajstić information content (AvgIpc) is 3.17. The van der Waals surface area contributed by atoms with Crippen molar-refractivity contribution < 1.29 is 0 Å². The molecule has 0 saturated heterocycles. The van der Waals surface area contributed by atoms with E-state index in [1.807, 2.05) is 60.7 Å². The molecule has 6 nitrogen and oxygen atoms in total. The van der Waals surface area contributed by atoms with E-state index in [0.29, 0.717) is 23.0 Å². The molecule has 0 radical (unpaired) electrons. The van der Waals surface area contributed by atoms with Crippen LogP contribution in [0, 0.1) is 11.3 Å². The molecule has 222 valence electrons. The van der Waals surface area contributed by atoms with E-state index in [2.05, 4.69) is 83.8 Å². The number of nitriles is 1. The molecule has 0 unspecified atom stereocenters. The van der Waals surface area contributed by atoms with Crippen molar-refractivity contribution in [2.45, 2.75) is 0 Å². The summed E-state index contributed by atoms with van der Waals surface area (Å²) < 4.78 is 0. The van der Waals surface area contributed by atoms with Gasteiger partial charge in [0.05, 0.1) is 22.7 Å². The summed E-state index contributed by atoms with van der Waals surface area (Å²) in [6.07, 6.45) is 3.59. The van der Waals surface area contributed by atoms with Crippen LogP contribution in [0.25, 0.3) is 88.6 Å². The highest BCUT2D eigenvalue weighted by atomic mass is 15.0. The van der Waals surface area contributed by atoms with Crippen molar-refractivity contribution in [3.63, 3.8) is 0 Å². The largest absolute Gasteiger partial charge is 0.254 e. The molecule has 48 heavy (non-hydrogen) atoms. The maximum absolute atomic E-state index is 9.22. The first-order valence-electron chi connectivity index (χ1n) is 15.6. The average molecular weight is 613 g/mol. The fraction of sp³-hybridized carbons (Fsp3) is 0. The molecular weight excluding hydrogens is 589 g/mol. The molecule has 3 aromatic heterocycles. The summed E-state index contributed by atoms with van der Waals surface area (Å²) in [5.74, 6) is 1.73. The Balaban J connectivity index is 1.29. The third-order valence-electron chi connectivity index (χ3n) is 8.84. The summed E-state index contributed by atoms with van der Waals surface area (Å²) in [5.41, 5.74) is 7.01. The van der Waals surface area contributed by atoms with Crippen molar-refractivity contribution in [2.75, 3.05) is 0 Å². The number of pyridine rings is 2. The molecule has 9 aromatic rings. The van der Waals surface area contributed by atoms with Crippen molar-refractivity contribution in [3.8, 4) is 51.4 Å². The third-order valence-corrected chi connectivity index (χ3v) is 8.84. The molecule has 0 bridgehead atoms. The Bertz CT molecular complexity index is 2590. The minimum Gasteiger partial charge on any atom is -0.254 e. The lowest BCUT2D eigenvalue weighted by Crippen LogP contribution is -2.01. The Labute approximate surface area is 275 Å². The van der Waals surface area contributed by atoms with Gasteiger partial charge in [-0.15, -0.1) is 0 Å². The lowest BCUT2D eigenvalue weighted by molar-refractivity contribution is 1.08. The van der Waals surface area contributed by atoms with E-state index in [0.717, 1.165) is 65.8 Å². The SMILES string of the molecule is N#Cc1ccc(-c2ccc(-c3nc(-c4cc5ccccc5c5ccccc45)nc(-c4cc5cccnc5c5ncccc45)n3)cc2)cc1. The Morgan fingerprint density at radius 2 is 0.938 bits per heavy atom. The number of aromatic nitrogens is 5. The Kier molecular flexibility index (Phi) is 6.41. The van der Waals surface area contributed by atoms with Crippen molar-refractivity contribution in [1.29, 1.82) is 5.26 Å². The van der Waals surface area contributed by atoms with E-state index in [-0.39, 0.29) is 0 Å². The maximum Gasteiger partial charge on any atom is 0.164 e. The van der Waals surface area contributed by atoms with Crippen LogP contribution in [-0.4, -0.2) is 24.9 Å². The molecule has 6 heteroatoms. The third kappa shape index (κ3) is 4.61. The van der Waals surface area contributed by atoms with Gasteiger partial charge >= 0.3 is 0 Å². The van der Waals surface area contributed by atoms with Crippen LogP contribution in [0.4, 0.5) is 0 Å². The molecule has 3 heterocycles. The van der Waals surface area contributed by atoms with Gasteiger partial charge < -0.3 is 0 Å². The topological polar surface area (TPSA) is 88.2 Å². The molecule has 0 aliphatic heterocycles. The van der Waals surface area contributed by atoms with Gasteiger partial charge in [-0.1, -0.05) is 97.1 Å². The number of hydrogen-bond acceptors (Lipinski definition) is 6. The molecule has 0 N–H and O–H groups in total. The second kappa shape index (κ2) is 11.2. The van der Waals surface area contributed by atoms with Gasteiger partial charge in [0.2, 0.25) is 0 Å². The molecule has 0 fully saturated rings. The summed E-state index contributed by atoms with van der Waals surface area (Å²) in [6, 6.07) is 47.0. The van der Waals surface area contributed by atoms with Gasteiger partial charge in [-0.2, -0.15) is 5.26 Å². The maximum atomic E-state index is 9.22. The first-order valence-corrected chi connectivity index (χ1v) is 15.6. The van der Waals surface area contributed by atoms with Gasteiger partial charge in [0, 0.05) is 39.9 Å². The second-order valence-corrected chi connectivity index (χ2v) is 11.7. The normalized spacial score (nSPS) is 11.3. The fourth-order valence-electron chi connectivity index (χ4n) is 6.50. The van der Waals surface area contributed by atoms with Crippen molar-refractivity contribution in [2.24, 2.45) is 0 Å². The van der Waals surface area contributed by atoms with Crippen molar-refractivity contribution in [3.05, 3.63) is 151 Å². The molecular formula is C42H24N6. The second-order valence-electron chi connectivity index (χ2n) is 11.7. The summed E-state index contributed by atoms with van der Waals surface area (Å²) >= 11 is 0. The highest BCUT2D eigenvalue weighted by Gasteiger charge is 2.19. The highest BCUT2D eigenvalue weighted by molar-refractivity contribution is 6.13. The first-order chi connectivity index (χ1) is 23.7. The first kappa shape index (κ1) is 27.5. The number of rotatable bonds is 4. The van der Waals surface area contributed by atoms with E-state index in [4.69, 9.17) is 19.9 Å². The molecule has 0 amide bonds. The van der Waals surface area contributed by atoms with Crippen LogP contribution in [0.1, 0.15) is 5.56 Å². The summed E-state index contributed by atoms with van der Waals surface area (Å²) in [5, 5.41) is 15.6. The van der Waals surface area contributed by atoms with Crippen LogP contribution in [0.3, 0.4) is 0 Å². The molecule has 0 spiro atoms. The van der Waals surface area contributed by atoms with Gasteiger partial charge in [-0.05, 0) is 69.1 Å². The number of fused-ring (bicyclic) bond motifs is 6. The minimum atomic E-state index is 0.562. The van der Waals surface area contributed by atoms with Crippen LogP contribution >= 0.6 is 0 Å². The van der Waals surface area contributed by atoms with E-state index in [1.165, 1.54) is 5.39 Å². The quantitative estimate of drug-likeness (QED) is 0.184. The molecule has 0 saturated carbocycles. The van der Waals surface area contributed by atoms with E-state index in [9.17, 15) is 5.26 Å². The molecule has 9 rings (SSSR count). The Hall–Kier alpha value is -6.84. The summed E-state index contributed by atoms with van der Waals surface area (Å²) in [6.45, 7) is 0. The predicted molar refractivity (Wildman–Crippen MR) is 192 cm³/mol. The Morgan fingerprint density at radius 1 is 0.417 bits per heavy atom. The highest BCUT2D eigenvalue weighted by Crippen LogP contribution is 2.37. The van der Waals surface area contributed by atoms with Gasteiger partial charge in [0.1, 0.15) is 0 Å². The standard InChI is InChI=1S/C42H24N6/c43-25-26-13-15-27(16-14-26)28-17-19-29(20-18-28)40-46-41(36-23-30-7-1-2-9-32(30)33-10-3-4-11-34(33)36)48-42(47-40)37-24-31-8-5-21-44-38(31)39-35(37)12-6-22-45-39/h1-24H. The van der Waals surface area contributed by atoms with E-state index in [1.54, 1.807) is 12.4 Å². The molecule has 6 aromatic carbocycles. The minimum absolute atomic E-state index is 0.562. The van der Waals surface area contributed by atoms with Gasteiger partial charge in [-0.3, -0.25) is 9.97 Å². The van der Waals surface area contributed by atoms with Crippen molar-refractivity contribution >= 4 is 43.4 Å². The van der Waals surface area contributed by atoms with Crippen LogP contribution in [0.2, 0.25) is 0 Å². The number of hydrogen-bond donors (Lipinski definition) is 0. The van der Waals surface area contributed by atoms with Crippen LogP contribution in [-0.2, 0) is 0 Å². The smallest absolute Gasteiger partial charge is 0.164 e. The zero-order valence-electron chi connectivity index (χ0n) is 25.5. The number of nitrogens with zero attached hydrogens (tertiary/aromatic N) is 6. The van der Waals surface area contributed by atoms with Crippen LogP contribution < -0.4 is 0 Å². The lowest BCUT2D eigenvalue weighted by Gasteiger charge is -2.14. The summed E-state index contributed by atoms with van der Waals surface area (Å²) in [7, 11) is 0. The van der Waals surface area contributed by atoms with E-state index < -0.39 is 0 Å².